The molecule has 2 rings (SSSR count). The van der Waals surface area contributed by atoms with Crippen molar-refractivity contribution in [2.75, 3.05) is 0 Å². The largest absolute Gasteiger partial charge is 0.345 e. The zero-order valence-electron chi connectivity index (χ0n) is 8.84. The Bertz CT molecular complexity index is 538. The van der Waals surface area contributed by atoms with Gasteiger partial charge >= 0.3 is 0 Å². The van der Waals surface area contributed by atoms with Crippen molar-refractivity contribution < 1.29 is 4.79 Å². The maximum Gasteiger partial charge on any atom is 0.270 e. The van der Waals surface area contributed by atoms with Crippen molar-refractivity contribution in [2.45, 2.75) is 6.54 Å². The summed E-state index contributed by atoms with van der Waals surface area (Å²) in [5, 5.41) is 17.8. The highest BCUT2D eigenvalue weighted by atomic mass is 16.1. The van der Waals surface area contributed by atoms with Gasteiger partial charge in [0.1, 0.15) is 11.8 Å². The Morgan fingerprint density at radius 3 is 2.94 bits per heavy atom. The lowest BCUT2D eigenvalue weighted by molar-refractivity contribution is 0.0945. The number of nitrogens with one attached hydrogen (secondary N) is 2. The zero-order chi connectivity index (χ0) is 12.1. The molecule has 1 amide bonds. The van der Waals surface area contributed by atoms with E-state index in [1.54, 1.807) is 18.3 Å². The van der Waals surface area contributed by atoms with E-state index >= 15 is 0 Å². The van der Waals surface area contributed by atoms with E-state index in [0.717, 1.165) is 5.69 Å². The maximum absolute atomic E-state index is 11.6. The molecule has 6 heteroatoms. The number of aromatic nitrogens is 3. The van der Waals surface area contributed by atoms with Crippen molar-refractivity contribution in [3.05, 3.63) is 47.5 Å². The van der Waals surface area contributed by atoms with Gasteiger partial charge in [0.05, 0.1) is 17.8 Å². The fourth-order valence-electron chi connectivity index (χ4n) is 1.24. The molecule has 0 aliphatic rings. The molecule has 2 aromatic heterocycles. The van der Waals surface area contributed by atoms with Crippen LogP contribution < -0.4 is 5.32 Å². The molecule has 0 fully saturated rings. The number of hydrogen-bond donors (Lipinski definition) is 2. The number of carbonyl (C=O) groups excluding carboxylic acids is 1. The number of aromatic amines is 1. The first-order chi connectivity index (χ1) is 8.29. The third-order valence-electron chi connectivity index (χ3n) is 2.12. The summed E-state index contributed by atoms with van der Waals surface area (Å²) in [7, 11) is 0. The summed E-state index contributed by atoms with van der Waals surface area (Å²) in [5.41, 5.74) is 1.52. The van der Waals surface area contributed by atoms with Crippen LogP contribution in [0.15, 0.2) is 30.6 Å². The summed E-state index contributed by atoms with van der Waals surface area (Å²) >= 11 is 0. The molecule has 0 unspecified atom stereocenters. The number of H-pyrrole nitrogens is 1. The predicted octanol–water partition coefficient (Wildman–Crippen LogP) is 0.606. The summed E-state index contributed by atoms with van der Waals surface area (Å²) in [6, 6.07) is 6.78. The Labute approximate surface area is 97.3 Å². The van der Waals surface area contributed by atoms with Gasteiger partial charge in [-0.1, -0.05) is 0 Å². The summed E-state index contributed by atoms with van der Waals surface area (Å²) in [5.74, 6) is -0.288. The van der Waals surface area contributed by atoms with Crippen molar-refractivity contribution >= 4 is 5.91 Å². The molecule has 0 aliphatic carbocycles. The zero-order valence-corrected chi connectivity index (χ0v) is 8.84. The highest BCUT2D eigenvalue weighted by molar-refractivity contribution is 5.92. The molecule has 2 aromatic rings. The predicted molar refractivity (Wildman–Crippen MR) is 58.7 cm³/mol. The first kappa shape index (κ1) is 10.8. The second-order valence-corrected chi connectivity index (χ2v) is 3.31. The van der Waals surface area contributed by atoms with Crippen molar-refractivity contribution in [1.82, 2.24) is 20.5 Å². The van der Waals surface area contributed by atoms with Gasteiger partial charge in [0.15, 0.2) is 0 Å². The first-order valence-corrected chi connectivity index (χ1v) is 4.92. The minimum Gasteiger partial charge on any atom is -0.345 e. The minimum absolute atomic E-state index is 0.281. The number of nitriles is 1. The summed E-state index contributed by atoms with van der Waals surface area (Å²) in [6.07, 6.45) is 2.98. The topological polar surface area (TPSA) is 94.5 Å². The van der Waals surface area contributed by atoms with Crippen LogP contribution in [0, 0.1) is 11.3 Å². The highest BCUT2D eigenvalue weighted by Gasteiger charge is 2.06. The average molecular weight is 227 g/mol. The lowest BCUT2D eigenvalue weighted by Crippen LogP contribution is -2.23. The van der Waals surface area contributed by atoms with Gasteiger partial charge in [-0.2, -0.15) is 10.4 Å². The van der Waals surface area contributed by atoms with E-state index in [1.165, 1.54) is 12.3 Å². The standard InChI is InChI=1S/C11H9N5O/c12-5-8-1-2-10(13-6-8)11(17)14-7-9-3-4-15-16-9/h1-4,6H,7H2,(H,14,17)(H,15,16). The normalized spacial score (nSPS) is 9.59. The Balaban J connectivity index is 1.97. The molecule has 0 atom stereocenters. The number of rotatable bonds is 3. The maximum atomic E-state index is 11.6. The molecular weight excluding hydrogens is 218 g/mol. The summed E-state index contributed by atoms with van der Waals surface area (Å²) in [6.45, 7) is 0.362. The van der Waals surface area contributed by atoms with Crippen LogP contribution in [-0.4, -0.2) is 21.1 Å². The molecule has 0 radical (unpaired) electrons. The van der Waals surface area contributed by atoms with Gasteiger partial charge in [0, 0.05) is 12.4 Å². The van der Waals surface area contributed by atoms with E-state index in [-0.39, 0.29) is 11.6 Å². The molecular formula is C11H9N5O. The summed E-state index contributed by atoms with van der Waals surface area (Å²) < 4.78 is 0. The lowest BCUT2D eigenvalue weighted by atomic mass is 10.2. The molecule has 84 valence electrons. The summed E-state index contributed by atoms with van der Waals surface area (Å²) in [4.78, 5) is 15.5. The molecule has 0 aliphatic heterocycles. The molecule has 2 heterocycles. The van der Waals surface area contributed by atoms with E-state index in [2.05, 4.69) is 20.5 Å². The molecule has 0 saturated carbocycles. The van der Waals surface area contributed by atoms with Crippen LogP contribution in [0.1, 0.15) is 21.7 Å². The number of amides is 1. The molecule has 0 bridgehead atoms. The molecule has 17 heavy (non-hydrogen) atoms. The van der Waals surface area contributed by atoms with E-state index in [9.17, 15) is 4.79 Å². The molecule has 0 saturated heterocycles. The fourth-order valence-corrected chi connectivity index (χ4v) is 1.24. The lowest BCUT2D eigenvalue weighted by Gasteiger charge is -2.02. The SMILES string of the molecule is N#Cc1ccc(C(=O)NCc2ccn[nH]2)nc1. The minimum atomic E-state index is -0.288. The second-order valence-electron chi connectivity index (χ2n) is 3.31. The molecule has 0 spiro atoms. The van der Waals surface area contributed by atoms with Gasteiger partial charge < -0.3 is 5.32 Å². The van der Waals surface area contributed by atoms with Crippen molar-refractivity contribution in [3.63, 3.8) is 0 Å². The third kappa shape index (κ3) is 2.66. The van der Waals surface area contributed by atoms with Crippen LogP contribution in [0.2, 0.25) is 0 Å². The Hall–Kier alpha value is -2.68. The number of nitrogens with zero attached hydrogens (tertiary/aromatic N) is 3. The highest BCUT2D eigenvalue weighted by Crippen LogP contribution is 1.99. The number of hydrogen-bond acceptors (Lipinski definition) is 4. The van der Waals surface area contributed by atoms with Gasteiger partial charge in [-0.15, -0.1) is 0 Å². The third-order valence-corrected chi connectivity index (χ3v) is 2.12. The van der Waals surface area contributed by atoms with Gasteiger partial charge in [-0.25, -0.2) is 4.98 Å². The van der Waals surface area contributed by atoms with Gasteiger partial charge in [-0.3, -0.25) is 9.89 Å². The first-order valence-electron chi connectivity index (χ1n) is 4.92. The van der Waals surface area contributed by atoms with Crippen molar-refractivity contribution in [2.24, 2.45) is 0 Å². The quantitative estimate of drug-likeness (QED) is 0.803. The number of carbonyl (C=O) groups is 1. The fraction of sp³-hybridized carbons (Fsp3) is 0.0909. The second kappa shape index (κ2) is 4.90. The van der Waals surface area contributed by atoms with Crippen LogP contribution >= 0.6 is 0 Å². The smallest absolute Gasteiger partial charge is 0.270 e. The molecule has 6 nitrogen and oxygen atoms in total. The average Bonchev–Trinajstić information content (AvgIpc) is 2.89. The van der Waals surface area contributed by atoms with Crippen LogP contribution in [0.25, 0.3) is 0 Å². The monoisotopic (exact) mass is 227 g/mol. The van der Waals surface area contributed by atoms with E-state index in [1.807, 2.05) is 6.07 Å². The Morgan fingerprint density at radius 1 is 1.47 bits per heavy atom. The van der Waals surface area contributed by atoms with Gasteiger partial charge in [0.2, 0.25) is 0 Å². The molecule has 0 aromatic carbocycles. The van der Waals surface area contributed by atoms with Crippen LogP contribution in [-0.2, 0) is 6.54 Å². The van der Waals surface area contributed by atoms with Gasteiger partial charge in [0.25, 0.3) is 5.91 Å². The van der Waals surface area contributed by atoms with E-state index in [0.29, 0.717) is 12.1 Å². The van der Waals surface area contributed by atoms with Crippen LogP contribution in [0.3, 0.4) is 0 Å². The molecule has 2 N–H and O–H groups in total. The number of pyridine rings is 1. The van der Waals surface area contributed by atoms with Crippen molar-refractivity contribution in [1.29, 1.82) is 5.26 Å². The van der Waals surface area contributed by atoms with Gasteiger partial charge in [-0.05, 0) is 18.2 Å². The van der Waals surface area contributed by atoms with Crippen LogP contribution in [0.5, 0.6) is 0 Å². The van der Waals surface area contributed by atoms with E-state index < -0.39 is 0 Å². The van der Waals surface area contributed by atoms with Crippen LogP contribution in [0.4, 0.5) is 0 Å². The van der Waals surface area contributed by atoms with Crippen molar-refractivity contribution in [3.8, 4) is 6.07 Å². The van der Waals surface area contributed by atoms with E-state index in [4.69, 9.17) is 5.26 Å². The Morgan fingerprint density at radius 2 is 2.35 bits per heavy atom. The Kier molecular flexibility index (Phi) is 3.12.